The van der Waals surface area contributed by atoms with Crippen LogP contribution >= 0.6 is 11.9 Å². The van der Waals surface area contributed by atoms with E-state index in [9.17, 15) is 0 Å². The largest absolute Gasteiger partial charge is 0.398 e. The van der Waals surface area contributed by atoms with Crippen LogP contribution in [0.25, 0.3) is 0 Å². The van der Waals surface area contributed by atoms with Crippen molar-refractivity contribution in [1.82, 2.24) is 0 Å². The molecule has 0 atom stereocenters. The van der Waals surface area contributed by atoms with Crippen LogP contribution in [0.4, 0.5) is 17.1 Å². The maximum atomic E-state index is 8.46. The lowest BCUT2D eigenvalue weighted by atomic mass is 10.0. The van der Waals surface area contributed by atoms with E-state index in [2.05, 4.69) is 16.3 Å². The summed E-state index contributed by atoms with van der Waals surface area (Å²) in [4.78, 5) is 5.01. The van der Waals surface area contributed by atoms with E-state index >= 15 is 0 Å². The minimum atomic E-state index is 0.413. The zero-order valence-corrected chi connectivity index (χ0v) is 15.8. The van der Waals surface area contributed by atoms with Crippen LogP contribution in [0.3, 0.4) is 0 Å². The van der Waals surface area contributed by atoms with E-state index in [1.807, 2.05) is 66.7 Å². The summed E-state index contributed by atoms with van der Waals surface area (Å²) < 4.78 is 3.33. The van der Waals surface area contributed by atoms with Gasteiger partial charge >= 0.3 is 0 Å². The molecular weight excluding hydrogens is 356 g/mol. The summed E-state index contributed by atoms with van der Waals surface area (Å²) in [5.41, 5.74) is 14.5. The van der Waals surface area contributed by atoms with Crippen LogP contribution in [0, 0.1) is 5.41 Å². The number of nitrogens with one attached hydrogen (secondary N) is 3. The highest BCUT2D eigenvalue weighted by Crippen LogP contribution is 2.26. The quantitative estimate of drug-likeness (QED) is 0.194. The SMILES string of the molecule is CONc1ccccc1CSNc1ccc(N)c(C(=N)c2ccccc2)c1. The third-order valence-electron chi connectivity index (χ3n) is 4.03. The molecule has 0 saturated carbocycles. The maximum Gasteiger partial charge on any atom is 0.0705 e. The molecule has 3 aromatic carbocycles. The average Bonchev–Trinajstić information content (AvgIpc) is 2.71. The fraction of sp³-hybridized carbons (Fsp3) is 0.0952. The Kier molecular flexibility index (Phi) is 6.35. The predicted octanol–water partition coefficient (Wildman–Crippen LogP) is 4.92. The monoisotopic (exact) mass is 378 g/mol. The standard InChI is InChI=1S/C21H22N4OS/c1-26-24-20-10-6-5-9-16(20)14-27-25-17-11-12-19(22)18(13-17)21(23)15-7-3-2-4-8-15/h2-13,23-25H,14,22H2,1H3. The van der Waals surface area contributed by atoms with Crippen LogP contribution < -0.4 is 15.9 Å². The van der Waals surface area contributed by atoms with Gasteiger partial charge in [-0.1, -0.05) is 48.5 Å². The molecule has 0 bridgehead atoms. The second-order valence-electron chi connectivity index (χ2n) is 5.90. The number of nitrogens with two attached hydrogens (primary N) is 1. The van der Waals surface area contributed by atoms with Gasteiger partial charge < -0.3 is 10.5 Å². The lowest BCUT2D eigenvalue weighted by Gasteiger charge is -2.13. The van der Waals surface area contributed by atoms with E-state index in [1.165, 1.54) is 0 Å². The molecule has 27 heavy (non-hydrogen) atoms. The fourth-order valence-electron chi connectivity index (χ4n) is 2.65. The summed E-state index contributed by atoms with van der Waals surface area (Å²) in [7, 11) is 1.60. The van der Waals surface area contributed by atoms with Crippen molar-refractivity contribution in [3.63, 3.8) is 0 Å². The van der Waals surface area contributed by atoms with Gasteiger partial charge in [0.05, 0.1) is 18.5 Å². The molecule has 5 N–H and O–H groups in total. The molecule has 0 heterocycles. The summed E-state index contributed by atoms with van der Waals surface area (Å²) in [6.45, 7) is 0. The summed E-state index contributed by atoms with van der Waals surface area (Å²) in [5, 5.41) is 8.46. The number of nitrogen functional groups attached to an aromatic ring is 1. The van der Waals surface area contributed by atoms with Crippen molar-refractivity contribution in [2.75, 3.05) is 23.0 Å². The predicted molar refractivity (Wildman–Crippen MR) is 115 cm³/mol. The van der Waals surface area contributed by atoms with Gasteiger partial charge in [0.15, 0.2) is 0 Å². The van der Waals surface area contributed by atoms with Gasteiger partial charge in [0.1, 0.15) is 0 Å². The molecule has 5 nitrogen and oxygen atoms in total. The molecule has 138 valence electrons. The first-order valence-electron chi connectivity index (χ1n) is 8.47. The van der Waals surface area contributed by atoms with Crippen molar-refractivity contribution in [2.45, 2.75) is 5.75 Å². The first-order valence-corrected chi connectivity index (χ1v) is 9.46. The first-order chi connectivity index (χ1) is 13.2. The Bertz CT molecular complexity index is 915. The topological polar surface area (TPSA) is 83.2 Å². The molecule has 0 saturated heterocycles. The van der Waals surface area contributed by atoms with Crippen molar-refractivity contribution in [3.8, 4) is 0 Å². The lowest BCUT2D eigenvalue weighted by Crippen LogP contribution is -2.06. The highest BCUT2D eigenvalue weighted by Gasteiger charge is 2.09. The summed E-state index contributed by atoms with van der Waals surface area (Å²) >= 11 is 1.56. The molecular formula is C21H22N4OS. The molecule has 0 unspecified atom stereocenters. The third-order valence-corrected chi connectivity index (χ3v) is 4.87. The van der Waals surface area contributed by atoms with Crippen molar-refractivity contribution in [3.05, 3.63) is 89.5 Å². The van der Waals surface area contributed by atoms with E-state index in [-0.39, 0.29) is 0 Å². The minimum absolute atomic E-state index is 0.413. The molecule has 0 amide bonds. The second-order valence-corrected chi connectivity index (χ2v) is 6.68. The molecule has 3 aromatic rings. The van der Waals surface area contributed by atoms with E-state index in [1.54, 1.807) is 19.1 Å². The molecule has 0 aromatic heterocycles. The van der Waals surface area contributed by atoms with E-state index in [4.69, 9.17) is 16.0 Å². The zero-order valence-electron chi connectivity index (χ0n) is 15.0. The van der Waals surface area contributed by atoms with Gasteiger partial charge in [-0.2, -0.15) is 0 Å². The highest BCUT2D eigenvalue weighted by molar-refractivity contribution is 7.99. The van der Waals surface area contributed by atoms with E-state index in [0.29, 0.717) is 17.0 Å². The van der Waals surface area contributed by atoms with Crippen LogP contribution in [0.15, 0.2) is 72.8 Å². The van der Waals surface area contributed by atoms with Crippen LogP contribution in [0.1, 0.15) is 16.7 Å². The lowest BCUT2D eigenvalue weighted by molar-refractivity contribution is 0.270. The van der Waals surface area contributed by atoms with Crippen molar-refractivity contribution < 1.29 is 4.84 Å². The van der Waals surface area contributed by atoms with Crippen LogP contribution in [0.2, 0.25) is 0 Å². The van der Waals surface area contributed by atoms with Crippen molar-refractivity contribution in [1.29, 1.82) is 5.41 Å². The zero-order chi connectivity index (χ0) is 19.1. The molecule has 0 fully saturated rings. The third kappa shape index (κ3) is 4.81. The number of hydrogen-bond donors (Lipinski definition) is 4. The molecule has 6 heteroatoms. The average molecular weight is 379 g/mol. The van der Waals surface area contributed by atoms with Gasteiger partial charge in [-0.25, -0.2) is 0 Å². The minimum Gasteiger partial charge on any atom is -0.398 e. The molecule has 0 aliphatic rings. The Labute approximate surface area is 163 Å². The van der Waals surface area contributed by atoms with Gasteiger partial charge in [0.2, 0.25) is 0 Å². The fourth-order valence-corrected chi connectivity index (χ4v) is 3.42. The molecule has 0 radical (unpaired) electrons. The number of rotatable bonds is 8. The number of benzene rings is 3. The Hall–Kier alpha value is -2.96. The first kappa shape index (κ1) is 18.8. The van der Waals surface area contributed by atoms with Gasteiger partial charge in [-0.15, -0.1) is 0 Å². The van der Waals surface area contributed by atoms with Gasteiger partial charge in [-0.3, -0.25) is 15.7 Å². The Morgan fingerprint density at radius 3 is 2.56 bits per heavy atom. The molecule has 0 aliphatic carbocycles. The van der Waals surface area contributed by atoms with Crippen LogP contribution in [-0.4, -0.2) is 12.8 Å². The van der Waals surface area contributed by atoms with Gasteiger partial charge in [0, 0.05) is 28.3 Å². The van der Waals surface area contributed by atoms with E-state index in [0.717, 1.165) is 28.3 Å². The Balaban J connectivity index is 1.69. The summed E-state index contributed by atoms with van der Waals surface area (Å²) in [6.07, 6.45) is 0. The smallest absolute Gasteiger partial charge is 0.0705 e. The molecule has 3 rings (SSSR count). The number of hydrogen-bond acceptors (Lipinski definition) is 6. The Morgan fingerprint density at radius 2 is 1.78 bits per heavy atom. The highest BCUT2D eigenvalue weighted by atomic mass is 32.2. The maximum absolute atomic E-state index is 8.46. The summed E-state index contributed by atoms with van der Waals surface area (Å²) in [6, 6.07) is 23.3. The second kappa shape index (κ2) is 9.12. The van der Waals surface area contributed by atoms with Crippen LogP contribution in [-0.2, 0) is 10.6 Å². The summed E-state index contributed by atoms with van der Waals surface area (Å²) in [5.74, 6) is 0.752. The Morgan fingerprint density at radius 1 is 1.04 bits per heavy atom. The van der Waals surface area contributed by atoms with Crippen LogP contribution in [0.5, 0.6) is 0 Å². The van der Waals surface area contributed by atoms with Crippen molar-refractivity contribution in [2.24, 2.45) is 0 Å². The molecule has 0 spiro atoms. The number of anilines is 3. The van der Waals surface area contributed by atoms with Gasteiger partial charge in [-0.05, 0) is 41.8 Å². The number of para-hydroxylation sites is 1. The van der Waals surface area contributed by atoms with E-state index < -0.39 is 0 Å². The van der Waals surface area contributed by atoms with Gasteiger partial charge in [0.25, 0.3) is 0 Å². The van der Waals surface area contributed by atoms with Crippen molar-refractivity contribution >= 4 is 34.7 Å². The molecule has 0 aliphatic heterocycles. The normalized spacial score (nSPS) is 10.4.